The van der Waals surface area contributed by atoms with Crippen molar-refractivity contribution in [3.05, 3.63) is 18.7 Å². The van der Waals surface area contributed by atoms with Crippen LogP contribution in [0.2, 0.25) is 0 Å². The molecule has 0 unspecified atom stereocenters. The van der Waals surface area contributed by atoms with Crippen LogP contribution < -0.4 is 5.32 Å². The molecule has 3 nitrogen and oxygen atoms in total. The van der Waals surface area contributed by atoms with E-state index in [0.717, 1.165) is 19.0 Å². The number of hydrogen-bond acceptors (Lipinski definition) is 2. The Morgan fingerprint density at radius 1 is 1.27 bits per heavy atom. The third-order valence-corrected chi connectivity index (χ3v) is 2.99. The minimum Gasteiger partial charge on any atom is -0.337 e. The number of nitrogens with zero attached hydrogens (tertiary/aromatic N) is 2. The average Bonchev–Trinajstić information content (AvgIpc) is 2.92. The van der Waals surface area contributed by atoms with Crippen LogP contribution in [0.25, 0.3) is 0 Å². The second kappa shape index (κ2) is 5.91. The van der Waals surface area contributed by atoms with Gasteiger partial charge in [0.2, 0.25) is 0 Å². The molecule has 1 heterocycles. The van der Waals surface area contributed by atoms with Crippen molar-refractivity contribution in [1.29, 1.82) is 0 Å². The van der Waals surface area contributed by atoms with Crippen molar-refractivity contribution >= 4 is 0 Å². The lowest BCUT2D eigenvalue weighted by atomic mass is 10.2. The van der Waals surface area contributed by atoms with Gasteiger partial charge in [0.05, 0.1) is 6.33 Å². The van der Waals surface area contributed by atoms with Gasteiger partial charge in [-0.2, -0.15) is 0 Å². The van der Waals surface area contributed by atoms with Crippen LogP contribution in [-0.2, 0) is 6.54 Å². The number of aromatic nitrogens is 2. The SMILES string of the molecule is c1cn(CCCNCCCC2CC2)cn1. The van der Waals surface area contributed by atoms with Crippen LogP contribution in [0.15, 0.2) is 18.7 Å². The van der Waals surface area contributed by atoms with E-state index in [9.17, 15) is 0 Å². The zero-order valence-corrected chi connectivity index (χ0v) is 9.36. The summed E-state index contributed by atoms with van der Waals surface area (Å²) in [6.07, 6.45) is 12.7. The summed E-state index contributed by atoms with van der Waals surface area (Å²) in [6.45, 7) is 3.40. The first-order chi connectivity index (χ1) is 7.45. The Hall–Kier alpha value is -0.830. The molecule has 2 rings (SSSR count). The summed E-state index contributed by atoms with van der Waals surface area (Å²) >= 11 is 0. The monoisotopic (exact) mass is 207 g/mol. The van der Waals surface area contributed by atoms with Gasteiger partial charge in [0, 0.05) is 18.9 Å². The van der Waals surface area contributed by atoms with Crippen molar-refractivity contribution in [1.82, 2.24) is 14.9 Å². The average molecular weight is 207 g/mol. The fourth-order valence-electron chi connectivity index (χ4n) is 1.85. The van der Waals surface area contributed by atoms with Gasteiger partial charge in [-0.15, -0.1) is 0 Å². The van der Waals surface area contributed by atoms with Gasteiger partial charge in [-0.05, 0) is 38.3 Å². The fourth-order valence-corrected chi connectivity index (χ4v) is 1.85. The van der Waals surface area contributed by atoms with E-state index in [-0.39, 0.29) is 0 Å². The van der Waals surface area contributed by atoms with E-state index < -0.39 is 0 Å². The third kappa shape index (κ3) is 4.47. The van der Waals surface area contributed by atoms with Gasteiger partial charge in [-0.1, -0.05) is 12.8 Å². The Morgan fingerprint density at radius 3 is 2.87 bits per heavy atom. The van der Waals surface area contributed by atoms with Gasteiger partial charge >= 0.3 is 0 Å². The second-order valence-corrected chi connectivity index (χ2v) is 4.49. The van der Waals surface area contributed by atoms with Crippen LogP contribution in [0, 0.1) is 5.92 Å². The molecule has 1 aliphatic rings. The molecular weight excluding hydrogens is 186 g/mol. The van der Waals surface area contributed by atoms with Gasteiger partial charge in [0.1, 0.15) is 0 Å². The summed E-state index contributed by atoms with van der Waals surface area (Å²) in [5, 5.41) is 3.50. The Labute approximate surface area is 91.9 Å². The largest absolute Gasteiger partial charge is 0.337 e. The van der Waals surface area contributed by atoms with Gasteiger partial charge in [0.15, 0.2) is 0 Å². The highest BCUT2D eigenvalue weighted by Gasteiger charge is 2.19. The first-order valence-electron chi connectivity index (χ1n) is 6.11. The molecule has 0 bridgehead atoms. The summed E-state index contributed by atoms with van der Waals surface area (Å²) in [5.74, 6) is 1.08. The van der Waals surface area contributed by atoms with Crippen LogP contribution in [0.3, 0.4) is 0 Å². The molecule has 1 aromatic rings. The topological polar surface area (TPSA) is 29.9 Å². The van der Waals surface area contributed by atoms with Gasteiger partial charge in [-0.3, -0.25) is 0 Å². The molecule has 0 radical (unpaired) electrons. The standard InChI is InChI=1S/C12H21N3/c1(3-12-4-5-12)6-13-7-2-9-15-10-8-14-11-15/h8,10-13H,1-7,9H2. The first kappa shape index (κ1) is 10.7. The number of rotatable bonds is 8. The van der Waals surface area contributed by atoms with Crippen molar-refractivity contribution in [3.63, 3.8) is 0 Å². The molecule has 1 fully saturated rings. The van der Waals surface area contributed by atoms with Crippen molar-refractivity contribution in [2.45, 2.75) is 38.6 Å². The maximum Gasteiger partial charge on any atom is 0.0945 e. The van der Waals surface area contributed by atoms with E-state index >= 15 is 0 Å². The van der Waals surface area contributed by atoms with E-state index in [1.165, 1.54) is 38.6 Å². The Kier molecular flexibility index (Phi) is 4.21. The lowest BCUT2D eigenvalue weighted by Crippen LogP contribution is -2.18. The molecule has 1 aromatic heterocycles. The smallest absolute Gasteiger partial charge is 0.0945 e. The molecule has 0 spiro atoms. The first-order valence-corrected chi connectivity index (χ1v) is 6.11. The van der Waals surface area contributed by atoms with E-state index in [1.54, 1.807) is 0 Å². The van der Waals surface area contributed by atoms with Gasteiger partial charge < -0.3 is 9.88 Å². The van der Waals surface area contributed by atoms with Gasteiger partial charge in [-0.25, -0.2) is 4.98 Å². The molecule has 1 N–H and O–H groups in total. The normalized spacial score (nSPS) is 15.7. The zero-order chi connectivity index (χ0) is 10.3. The quantitative estimate of drug-likeness (QED) is 0.661. The molecule has 0 saturated heterocycles. The number of imidazole rings is 1. The minimum atomic E-state index is 1.08. The molecule has 0 aromatic carbocycles. The van der Waals surface area contributed by atoms with Crippen molar-refractivity contribution in [3.8, 4) is 0 Å². The maximum absolute atomic E-state index is 4.02. The highest BCUT2D eigenvalue weighted by atomic mass is 15.0. The molecule has 0 atom stereocenters. The van der Waals surface area contributed by atoms with Crippen LogP contribution in [-0.4, -0.2) is 22.6 Å². The number of nitrogens with one attached hydrogen (secondary N) is 1. The van der Waals surface area contributed by atoms with Crippen molar-refractivity contribution in [2.75, 3.05) is 13.1 Å². The molecule has 0 amide bonds. The summed E-state index contributed by atoms with van der Waals surface area (Å²) in [4.78, 5) is 4.02. The summed E-state index contributed by atoms with van der Waals surface area (Å²) in [7, 11) is 0. The number of hydrogen-bond donors (Lipinski definition) is 1. The summed E-state index contributed by atoms with van der Waals surface area (Å²) < 4.78 is 2.13. The van der Waals surface area contributed by atoms with E-state index in [4.69, 9.17) is 0 Å². The Morgan fingerprint density at radius 2 is 2.13 bits per heavy atom. The highest BCUT2D eigenvalue weighted by molar-refractivity contribution is 4.74. The molecule has 15 heavy (non-hydrogen) atoms. The minimum absolute atomic E-state index is 1.08. The van der Waals surface area contributed by atoms with Crippen LogP contribution in [0.4, 0.5) is 0 Å². The molecular formula is C12H21N3. The summed E-state index contributed by atoms with van der Waals surface area (Å²) in [6, 6.07) is 0. The highest BCUT2D eigenvalue weighted by Crippen LogP contribution is 2.33. The molecule has 1 saturated carbocycles. The maximum atomic E-state index is 4.02. The van der Waals surface area contributed by atoms with Crippen LogP contribution in [0.5, 0.6) is 0 Å². The van der Waals surface area contributed by atoms with Crippen LogP contribution in [0.1, 0.15) is 32.1 Å². The molecule has 84 valence electrons. The fraction of sp³-hybridized carbons (Fsp3) is 0.750. The van der Waals surface area contributed by atoms with Crippen LogP contribution >= 0.6 is 0 Å². The lowest BCUT2D eigenvalue weighted by Gasteiger charge is -2.04. The second-order valence-electron chi connectivity index (χ2n) is 4.49. The summed E-state index contributed by atoms with van der Waals surface area (Å²) in [5.41, 5.74) is 0. The zero-order valence-electron chi connectivity index (χ0n) is 9.36. The van der Waals surface area contributed by atoms with Crippen molar-refractivity contribution in [2.24, 2.45) is 5.92 Å². The molecule has 0 aliphatic heterocycles. The Balaban J connectivity index is 1.38. The Bertz CT molecular complexity index is 252. The lowest BCUT2D eigenvalue weighted by molar-refractivity contribution is 0.551. The predicted octanol–water partition coefficient (Wildman–Crippen LogP) is 2.05. The third-order valence-electron chi connectivity index (χ3n) is 2.99. The van der Waals surface area contributed by atoms with E-state index in [1.807, 2.05) is 18.7 Å². The molecule has 3 heteroatoms. The van der Waals surface area contributed by atoms with E-state index in [2.05, 4.69) is 14.9 Å². The van der Waals surface area contributed by atoms with Gasteiger partial charge in [0.25, 0.3) is 0 Å². The van der Waals surface area contributed by atoms with Crippen molar-refractivity contribution < 1.29 is 0 Å². The number of aryl methyl sites for hydroxylation is 1. The predicted molar refractivity (Wildman–Crippen MR) is 61.7 cm³/mol. The molecule has 1 aliphatic carbocycles. The van der Waals surface area contributed by atoms with E-state index in [0.29, 0.717) is 0 Å².